The monoisotopic (exact) mass is 254 g/mol. The Labute approximate surface area is 108 Å². The van der Waals surface area contributed by atoms with Gasteiger partial charge in [0, 0.05) is 56.9 Å². The third-order valence-electron chi connectivity index (χ3n) is 2.95. The van der Waals surface area contributed by atoms with Crippen molar-refractivity contribution in [3.8, 4) is 0 Å². The van der Waals surface area contributed by atoms with E-state index in [1.165, 1.54) is 4.88 Å². The second-order valence-corrected chi connectivity index (χ2v) is 6.62. The van der Waals surface area contributed by atoms with E-state index in [4.69, 9.17) is 0 Å². The van der Waals surface area contributed by atoms with Gasteiger partial charge in [-0.05, 0) is 13.8 Å². The first-order valence-electron chi connectivity index (χ1n) is 6.06. The summed E-state index contributed by atoms with van der Waals surface area (Å²) in [6.07, 6.45) is 2.01. The third kappa shape index (κ3) is 3.40. The van der Waals surface area contributed by atoms with Crippen LogP contribution in [0.4, 0.5) is 5.13 Å². The van der Waals surface area contributed by atoms with E-state index in [9.17, 15) is 0 Å². The van der Waals surface area contributed by atoms with Gasteiger partial charge < -0.3 is 10.2 Å². The summed E-state index contributed by atoms with van der Waals surface area (Å²) in [7, 11) is 4.08. The summed E-state index contributed by atoms with van der Waals surface area (Å²) >= 11 is 1.79. The molecule has 0 aromatic carbocycles. The first kappa shape index (κ1) is 12.8. The van der Waals surface area contributed by atoms with Gasteiger partial charge >= 0.3 is 0 Å². The highest BCUT2D eigenvalue weighted by molar-refractivity contribution is 7.15. The highest BCUT2D eigenvalue weighted by Crippen LogP contribution is 2.22. The molecule has 96 valence electrons. The van der Waals surface area contributed by atoms with Crippen LogP contribution in [0.1, 0.15) is 18.7 Å². The maximum Gasteiger partial charge on any atom is 0.185 e. The number of rotatable bonds is 3. The summed E-state index contributed by atoms with van der Waals surface area (Å²) in [5.41, 5.74) is 0.229. The fourth-order valence-electron chi connectivity index (χ4n) is 2.18. The van der Waals surface area contributed by atoms with Gasteiger partial charge in [0.2, 0.25) is 0 Å². The van der Waals surface area contributed by atoms with Crippen LogP contribution < -0.4 is 10.2 Å². The van der Waals surface area contributed by atoms with E-state index in [-0.39, 0.29) is 5.54 Å². The molecule has 0 unspecified atom stereocenters. The SMILES string of the molecule is CN(C)c1ncc(CN2CCNC(C)(C)C2)s1. The minimum atomic E-state index is 0.229. The quantitative estimate of drug-likeness (QED) is 0.883. The molecule has 4 nitrogen and oxygen atoms in total. The predicted molar refractivity (Wildman–Crippen MR) is 73.8 cm³/mol. The summed E-state index contributed by atoms with van der Waals surface area (Å²) in [6, 6.07) is 0. The van der Waals surface area contributed by atoms with Crippen molar-refractivity contribution in [3.05, 3.63) is 11.1 Å². The fraction of sp³-hybridized carbons (Fsp3) is 0.750. The zero-order valence-corrected chi connectivity index (χ0v) is 12.0. The number of anilines is 1. The maximum atomic E-state index is 4.42. The van der Waals surface area contributed by atoms with Crippen molar-refractivity contribution in [3.63, 3.8) is 0 Å². The second-order valence-electron chi connectivity index (χ2n) is 5.52. The van der Waals surface area contributed by atoms with Crippen LogP contribution in [0.15, 0.2) is 6.20 Å². The molecule has 1 saturated heterocycles. The van der Waals surface area contributed by atoms with E-state index < -0.39 is 0 Å². The molecule has 2 rings (SSSR count). The maximum absolute atomic E-state index is 4.42. The average Bonchev–Trinajstić information content (AvgIpc) is 2.64. The molecule has 2 heterocycles. The molecule has 1 aliphatic rings. The van der Waals surface area contributed by atoms with Gasteiger partial charge in [0.15, 0.2) is 5.13 Å². The van der Waals surface area contributed by atoms with E-state index in [0.717, 1.165) is 31.3 Å². The number of thiazole rings is 1. The zero-order valence-electron chi connectivity index (χ0n) is 11.2. The van der Waals surface area contributed by atoms with Crippen LogP contribution in [0.25, 0.3) is 0 Å². The van der Waals surface area contributed by atoms with Crippen molar-refractivity contribution in [2.24, 2.45) is 0 Å². The molecule has 0 amide bonds. The van der Waals surface area contributed by atoms with Gasteiger partial charge in [0.05, 0.1) is 0 Å². The number of piperazine rings is 1. The lowest BCUT2D eigenvalue weighted by atomic mass is 10.0. The number of nitrogens with one attached hydrogen (secondary N) is 1. The minimum absolute atomic E-state index is 0.229. The van der Waals surface area contributed by atoms with Crippen LogP contribution in [0.3, 0.4) is 0 Å². The topological polar surface area (TPSA) is 31.4 Å². The fourth-order valence-corrected chi connectivity index (χ4v) is 3.05. The van der Waals surface area contributed by atoms with Gasteiger partial charge in [0.1, 0.15) is 0 Å². The van der Waals surface area contributed by atoms with Gasteiger partial charge in [0.25, 0.3) is 0 Å². The normalized spacial score (nSPS) is 20.5. The van der Waals surface area contributed by atoms with Crippen molar-refractivity contribution < 1.29 is 0 Å². The molecule has 1 aromatic heterocycles. The molecule has 0 spiro atoms. The molecule has 1 aromatic rings. The Morgan fingerprint density at radius 1 is 1.53 bits per heavy atom. The Hall–Kier alpha value is -0.650. The van der Waals surface area contributed by atoms with Gasteiger partial charge in [-0.25, -0.2) is 4.98 Å². The Morgan fingerprint density at radius 3 is 2.88 bits per heavy atom. The zero-order chi connectivity index (χ0) is 12.5. The predicted octanol–water partition coefficient (Wildman–Crippen LogP) is 1.39. The van der Waals surface area contributed by atoms with E-state index in [1.54, 1.807) is 11.3 Å². The Bertz CT molecular complexity index is 372. The molecule has 0 aliphatic carbocycles. The van der Waals surface area contributed by atoms with Crippen molar-refractivity contribution in [1.29, 1.82) is 0 Å². The van der Waals surface area contributed by atoms with Gasteiger partial charge in [-0.1, -0.05) is 0 Å². The van der Waals surface area contributed by atoms with Crippen LogP contribution in [0.5, 0.6) is 0 Å². The van der Waals surface area contributed by atoms with E-state index in [2.05, 4.69) is 33.9 Å². The molecule has 0 radical (unpaired) electrons. The van der Waals surface area contributed by atoms with E-state index in [0.29, 0.717) is 0 Å². The second kappa shape index (κ2) is 4.92. The van der Waals surface area contributed by atoms with Crippen molar-refractivity contribution in [2.45, 2.75) is 25.9 Å². The first-order chi connectivity index (χ1) is 7.96. The molecular weight excluding hydrogens is 232 g/mol. The molecular formula is C12H22N4S. The van der Waals surface area contributed by atoms with Crippen LogP contribution in [0.2, 0.25) is 0 Å². The molecule has 1 N–H and O–H groups in total. The lowest BCUT2D eigenvalue weighted by Crippen LogP contribution is -2.56. The van der Waals surface area contributed by atoms with Gasteiger partial charge in [-0.15, -0.1) is 11.3 Å². The molecule has 0 bridgehead atoms. The number of hydrogen-bond acceptors (Lipinski definition) is 5. The van der Waals surface area contributed by atoms with Gasteiger partial charge in [-0.2, -0.15) is 0 Å². The molecule has 1 fully saturated rings. The summed E-state index contributed by atoms with van der Waals surface area (Å²) in [4.78, 5) is 10.3. The lowest BCUT2D eigenvalue weighted by molar-refractivity contribution is 0.149. The first-order valence-corrected chi connectivity index (χ1v) is 6.87. The number of hydrogen-bond donors (Lipinski definition) is 1. The molecule has 5 heteroatoms. The van der Waals surface area contributed by atoms with Crippen LogP contribution in [0, 0.1) is 0 Å². The van der Waals surface area contributed by atoms with Crippen molar-refractivity contribution in [1.82, 2.24) is 15.2 Å². The molecule has 0 saturated carbocycles. The Morgan fingerprint density at radius 2 is 2.29 bits per heavy atom. The highest BCUT2D eigenvalue weighted by Gasteiger charge is 2.25. The molecule has 0 atom stereocenters. The average molecular weight is 254 g/mol. The minimum Gasteiger partial charge on any atom is -0.354 e. The van der Waals surface area contributed by atoms with Crippen molar-refractivity contribution in [2.75, 3.05) is 38.6 Å². The molecule has 17 heavy (non-hydrogen) atoms. The van der Waals surface area contributed by atoms with Crippen LogP contribution in [-0.2, 0) is 6.54 Å². The smallest absolute Gasteiger partial charge is 0.185 e. The Kier molecular flexibility index (Phi) is 3.70. The van der Waals surface area contributed by atoms with Crippen LogP contribution >= 0.6 is 11.3 Å². The summed E-state index contributed by atoms with van der Waals surface area (Å²) in [6.45, 7) is 8.85. The van der Waals surface area contributed by atoms with E-state index in [1.807, 2.05) is 20.3 Å². The van der Waals surface area contributed by atoms with Gasteiger partial charge in [-0.3, -0.25) is 4.90 Å². The third-order valence-corrected chi connectivity index (χ3v) is 4.10. The van der Waals surface area contributed by atoms with Crippen molar-refractivity contribution >= 4 is 16.5 Å². The summed E-state index contributed by atoms with van der Waals surface area (Å²) in [5, 5.41) is 4.63. The van der Waals surface area contributed by atoms with Crippen LogP contribution in [-0.4, -0.2) is 49.2 Å². The standard InChI is InChI=1S/C12H22N4S/c1-12(2)9-16(6-5-14-12)8-10-7-13-11(17-10)15(3)4/h7,14H,5-6,8-9H2,1-4H3. The summed E-state index contributed by atoms with van der Waals surface area (Å²) < 4.78 is 0. The van der Waals surface area contributed by atoms with E-state index >= 15 is 0 Å². The molecule has 1 aliphatic heterocycles. The number of aromatic nitrogens is 1. The highest BCUT2D eigenvalue weighted by atomic mass is 32.1. The number of nitrogens with zero attached hydrogens (tertiary/aromatic N) is 3. The Balaban J connectivity index is 1.95. The lowest BCUT2D eigenvalue weighted by Gasteiger charge is -2.38. The largest absolute Gasteiger partial charge is 0.354 e. The summed E-state index contributed by atoms with van der Waals surface area (Å²) in [5.74, 6) is 0.